The first-order chi connectivity index (χ1) is 9.40. The Kier molecular flexibility index (Phi) is 4.06. The molecule has 2 rings (SSSR count). The number of nitrogens with two attached hydrogens (primary N) is 1. The molecule has 0 saturated heterocycles. The highest BCUT2D eigenvalue weighted by atomic mass is 16.4. The molecule has 6 heteroatoms. The first kappa shape index (κ1) is 14.5. The molecule has 0 radical (unpaired) electrons. The van der Waals surface area contributed by atoms with Gasteiger partial charge in [-0.2, -0.15) is 0 Å². The quantitative estimate of drug-likeness (QED) is 0.741. The summed E-state index contributed by atoms with van der Waals surface area (Å²) < 4.78 is 0. The topological polar surface area (TPSA) is 104 Å². The summed E-state index contributed by atoms with van der Waals surface area (Å²) in [6, 6.07) is 4.41. The van der Waals surface area contributed by atoms with Crippen LogP contribution in [0.5, 0.6) is 0 Å². The van der Waals surface area contributed by atoms with E-state index in [-0.39, 0.29) is 12.3 Å². The lowest BCUT2D eigenvalue weighted by atomic mass is 9.98. The molecular formula is C14H18N2O4. The summed E-state index contributed by atoms with van der Waals surface area (Å²) in [6.45, 7) is 2.14. The van der Waals surface area contributed by atoms with E-state index in [9.17, 15) is 14.7 Å². The third kappa shape index (κ3) is 2.81. The standard InChI is InChI=1S/C14H18N2O4/c1-8(17)16-5-4-9-6-10(2-3-12(9)16)14(20)11(15)7-13(18)19/h2-3,6,11,14,20H,4-5,7,15H2,1H3,(H,18,19). The fraction of sp³-hybridized carbons (Fsp3) is 0.429. The van der Waals surface area contributed by atoms with Crippen molar-refractivity contribution in [2.75, 3.05) is 11.4 Å². The minimum absolute atomic E-state index is 0.0142. The number of anilines is 1. The summed E-state index contributed by atoms with van der Waals surface area (Å²) >= 11 is 0. The zero-order chi connectivity index (χ0) is 14.9. The maximum Gasteiger partial charge on any atom is 0.305 e. The second-order valence-electron chi connectivity index (χ2n) is 5.02. The molecule has 1 aromatic rings. The highest BCUT2D eigenvalue weighted by molar-refractivity contribution is 5.93. The molecule has 1 aliphatic heterocycles. The van der Waals surface area contributed by atoms with Gasteiger partial charge in [0.05, 0.1) is 12.5 Å². The molecule has 0 fully saturated rings. The van der Waals surface area contributed by atoms with E-state index in [0.717, 1.165) is 17.7 Å². The maximum absolute atomic E-state index is 11.4. The van der Waals surface area contributed by atoms with Crippen LogP contribution in [0.15, 0.2) is 18.2 Å². The van der Waals surface area contributed by atoms with Crippen LogP contribution in [0.4, 0.5) is 5.69 Å². The monoisotopic (exact) mass is 278 g/mol. The smallest absolute Gasteiger partial charge is 0.305 e. The fourth-order valence-electron chi connectivity index (χ4n) is 2.49. The minimum Gasteiger partial charge on any atom is -0.481 e. The molecule has 6 nitrogen and oxygen atoms in total. The van der Waals surface area contributed by atoms with E-state index in [4.69, 9.17) is 10.8 Å². The highest BCUT2D eigenvalue weighted by Crippen LogP contribution is 2.31. The predicted molar refractivity (Wildman–Crippen MR) is 73.4 cm³/mol. The minimum atomic E-state index is -1.04. The summed E-state index contributed by atoms with van der Waals surface area (Å²) in [4.78, 5) is 23.7. The second-order valence-corrected chi connectivity index (χ2v) is 5.02. The molecule has 4 N–H and O–H groups in total. The Bertz CT molecular complexity index is 544. The van der Waals surface area contributed by atoms with E-state index in [0.29, 0.717) is 12.1 Å². The van der Waals surface area contributed by atoms with Crippen molar-refractivity contribution in [3.8, 4) is 0 Å². The molecule has 108 valence electrons. The molecule has 1 amide bonds. The van der Waals surface area contributed by atoms with Gasteiger partial charge in [-0.05, 0) is 23.6 Å². The van der Waals surface area contributed by atoms with Crippen LogP contribution in [0.2, 0.25) is 0 Å². The molecule has 20 heavy (non-hydrogen) atoms. The van der Waals surface area contributed by atoms with E-state index in [1.165, 1.54) is 6.92 Å². The van der Waals surface area contributed by atoms with E-state index >= 15 is 0 Å². The fourth-order valence-corrected chi connectivity index (χ4v) is 2.49. The molecule has 1 aromatic carbocycles. The lowest BCUT2D eigenvalue weighted by Gasteiger charge is -2.19. The van der Waals surface area contributed by atoms with Gasteiger partial charge in [0, 0.05) is 25.2 Å². The molecule has 0 spiro atoms. The lowest BCUT2D eigenvalue weighted by Crippen LogP contribution is -2.31. The van der Waals surface area contributed by atoms with Crippen LogP contribution in [-0.2, 0) is 16.0 Å². The van der Waals surface area contributed by atoms with Crippen molar-refractivity contribution in [3.63, 3.8) is 0 Å². The molecule has 0 saturated carbocycles. The summed E-state index contributed by atoms with van der Waals surface area (Å²) in [5.41, 5.74) is 8.08. The third-order valence-electron chi connectivity index (χ3n) is 3.54. The van der Waals surface area contributed by atoms with Crippen LogP contribution in [0.3, 0.4) is 0 Å². The first-order valence-corrected chi connectivity index (χ1v) is 6.46. The third-order valence-corrected chi connectivity index (χ3v) is 3.54. The average Bonchev–Trinajstić information content (AvgIpc) is 2.79. The van der Waals surface area contributed by atoms with Gasteiger partial charge in [0.15, 0.2) is 0 Å². The average molecular weight is 278 g/mol. The number of aliphatic carboxylic acids is 1. The number of aliphatic hydroxyl groups is 1. The van der Waals surface area contributed by atoms with E-state index in [1.54, 1.807) is 23.1 Å². The summed E-state index contributed by atoms with van der Waals surface area (Å²) in [5.74, 6) is -1.06. The number of aliphatic hydroxyl groups excluding tert-OH is 1. The molecule has 0 aromatic heterocycles. The largest absolute Gasteiger partial charge is 0.481 e. The van der Waals surface area contributed by atoms with Crippen LogP contribution in [-0.4, -0.2) is 34.7 Å². The van der Waals surface area contributed by atoms with Crippen molar-refractivity contribution < 1.29 is 19.8 Å². The van der Waals surface area contributed by atoms with Crippen molar-refractivity contribution in [1.82, 2.24) is 0 Å². The number of fused-ring (bicyclic) bond motifs is 1. The molecule has 0 aliphatic carbocycles. The summed E-state index contributed by atoms with van der Waals surface area (Å²) in [7, 11) is 0. The normalized spacial score (nSPS) is 16.6. The van der Waals surface area contributed by atoms with E-state index in [1.807, 2.05) is 0 Å². The Morgan fingerprint density at radius 3 is 2.75 bits per heavy atom. The van der Waals surface area contributed by atoms with Crippen molar-refractivity contribution in [1.29, 1.82) is 0 Å². The van der Waals surface area contributed by atoms with Crippen LogP contribution in [0, 0.1) is 0 Å². The summed E-state index contributed by atoms with van der Waals surface area (Å²) in [6.07, 6.45) is -0.593. The molecule has 2 unspecified atom stereocenters. The van der Waals surface area contributed by atoms with Crippen LogP contribution in [0.1, 0.15) is 30.6 Å². The first-order valence-electron chi connectivity index (χ1n) is 6.46. The Morgan fingerprint density at radius 1 is 1.45 bits per heavy atom. The SMILES string of the molecule is CC(=O)N1CCc2cc(C(O)C(N)CC(=O)O)ccc21. The van der Waals surface area contributed by atoms with Crippen LogP contribution < -0.4 is 10.6 Å². The van der Waals surface area contributed by atoms with Crippen molar-refractivity contribution >= 4 is 17.6 Å². The molecule has 1 heterocycles. The second kappa shape index (κ2) is 5.60. The predicted octanol–water partition coefficient (Wildman–Crippen LogP) is 0.431. The van der Waals surface area contributed by atoms with Gasteiger partial charge in [-0.25, -0.2) is 0 Å². The number of hydrogen-bond acceptors (Lipinski definition) is 4. The van der Waals surface area contributed by atoms with Gasteiger partial charge in [-0.1, -0.05) is 12.1 Å². The van der Waals surface area contributed by atoms with Gasteiger partial charge in [0.25, 0.3) is 0 Å². The molecule has 0 bridgehead atoms. The number of benzene rings is 1. The van der Waals surface area contributed by atoms with Crippen molar-refractivity contribution in [3.05, 3.63) is 29.3 Å². The van der Waals surface area contributed by atoms with Gasteiger partial charge in [-0.15, -0.1) is 0 Å². The Hall–Kier alpha value is -1.92. The van der Waals surface area contributed by atoms with Gasteiger partial charge >= 0.3 is 5.97 Å². The zero-order valence-corrected chi connectivity index (χ0v) is 11.2. The number of carbonyl (C=O) groups is 2. The van der Waals surface area contributed by atoms with Gasteiger partial charge < -0.3 is 20.8 Å². The van der Waals surface area contributed by atoms with Gasteiger partial charge in [-0.3, -0.25) is 9.59 Å². The number of amides is 1. The number of nitrogens with zero attached hydrogens (tertiary/aromatic N) is 1. The van der Waals surface area contributed by atoms with Crippen molar-refractivity contribution in [2.24, 2.45) is 5.73 Å². The number of carboxylic acid groups (broad SMARTS) is 1. The number of rotatable bonds is 4. The lowest BCUT2D eigenvalue weighted by molar-refractivity contribution is -0.138. The van der Waals surface area contributed by atoms with Crippen LogP contribution >= 0.6 is 0 Å². The Labute approximate surface area is 116 Å². The number of carbonyl (C=O) groups excluding carboxylic acids is 1. The number of carboxylic acids is 1. The van der Waals surface area contributed by atoms with E-state index in [2.05, 4.69) is 0 Å². The molecular weight excluding hydrogens is 260 g/mol. The molecule has 1 aliphatic rings. The maximum atomic E-state index is 11.4. The van der Waals surface area contributed by atoms with Gasteiger partial charge in [0.1, 0.15) is 0 Å². The Balaban J connectivity index is 2.20. The van der Waals surface area contributed by atoms with Crippen LogP contribution in [0.25, 0.3) is 0 Å². The van der Waals surface area contributed by atoms with Crippen molar-refractivity contribution in [2.45, 2.75) is 31.9 Å². The summed E-state index contributed by atoms with van der Waals surface area (Å²) in [5, 5.41) is 18.8. The zero-order valence-electron chi connectivity index (χ0n) is 11.2. The van der Waals surface area contributed by atoms with E-state index < -0.39 is 18.1 Å². The highest BCUT2D eigenvalue weighted by Gasteiger charge is 2.25. The number of hydrogen-bond donors (Lipinski definition) is 3. The molecule has 2 atom stereocenters. The van der Waals surface area contributed by atoms with Gasteiger partial charge in [0.2, 0.25) is 5.91 Å². The Morgan fingerprint density at radius 2 is 2.15 bits per heavy atom.